The smallest absolute Gasteiger partial charge is 0.257 e. The summed E-state index contributed by atoms with van der Waals surface area (Å²) < 4.78 is 17.8. The molecule has 5 heterocycles. The quantitative estimate of drug-likeness (QED) is 0.416. The SMILES string of the molecule is COCc1cn([C@@H]2CCN3C(=O)CC4(CCN(Cc5cccc(OC)c5)CC4)NC(=O)c4c(C)noc4CNC(=O)[C@@H]3C2)nn1. The summed E-state index contributed by atoms with van der Waals surface area (Å²) in [4.78, 5) is 45.5. The van der Waals surface area contributed by atoms with Crippen molar-refractivity contribution in [2.45, 2.75) is 76.3 Å². The molecule has 0 aliphatic carbocycles. The lowest BCUT2D eigenvalue weighted by molar-refractivity contribution is -0.145. The summed E-state index contributed by atoms with van der Waals surface area (Å²) in [6.45, 7) is 4.49. The molecule has 2 aromatic heterocycles. The first-order valence-corrected chi connectivity index (χ1v) is 15.4. The molecule has 14 nitrogen and oxygen atoms in total. The van der Waals surface area contributed by atoms with Crippen molar-refractivity contribution >= 4 is 17.7 Å². The Bertz CT molecular complexity index is 1540. The number of hydrogen-bond donors (Lipinski definition) is 2. The van der Waals surface area contributed by atoms with E-state index in [1.165, 1.54) is 0 Å². The molecule has 0 radical (unpaired) electrons. The van der Waals surface area contributed by atoms with Crippen molar-refractivity contribution in [3.8, 4) is 5.75 Å². The van der Waals surface area contributed by atoms with Crippen molar-refractivity contribution in [3.05, 3.63) is 58.7 Å². The summed E-state index contributed by atoms with van der Waals surface area (Å²) in [5.41, 5.74) is 1.77. The predicted octanol–water partition coefficient (Wildman–Crippen LogP) is 1.75. The van der Waals surface area contributed by atoms with Gasteiger partial charge in [-0.25, -0.2) is 4.68 Å². The van der Waals surface area contributed by atoms with Gasteiger partial charge >= 0.3 is 0 Å². The zero-order valence-corrected chi connectivity index (χ0v) is 26.0. The van der Waals surface area contributed by atoms with Gasteiger partial charge in [0.25, 0.3) is 5.91 Å². The number of piperidine rings is 2. The molecule has 1 spiro atoms. The topological polar surface area (TPSA) is 157 Å². The van der Waals surface area contributed by atoms with Gasteiger partial charge in [0.2, 0.25) is 11.8 Å². The van der Waals surface area contributed by atoms with E-state index in [1.807, 2.05) is 24.4 Å². The first-order valence-electron chi connectivity index (χ1n) is 15.4. The van der Waals surface area contributed by atoms with Crippen LogP contribution in [0.2, 0.25) is 0 Å². The van der Waals surface area contributed by atoms with Crippen LogP contribution in [0.4, 0.5) is 0 Å². The van der Waals surface area contributed by atoms with Crippen LogP contribution in [0, 0.1) is 6.92 Å². The zero-order chi connectivity index (χ0) is 31.6. The highest BCUT2D eigenvalue weighted by molar-refractivity contribution is 5.97. The van der Waals surface area contributed by atoms with Crippen LogP contribution in [0.3, 0.4) is 0 Å². The van der Waals surface area contributed by atoms with Gasteiger partial charge in [0.05, 0.1) is 50.2 Å². The van der Waals surface area contributed by atoms with Crippen LogP contribution in [0.5, 0.6) is 5.75 Å². The van der Waals surface area contributed by atoms with Gasteiger partial charge in [0.15, 0.2) is 5.76 Å². The molecule has 2 atom stereocenters. The van der Waals surface area contributed by atoms with E-state index in [2.05, 4.69) is 37.1 Å². The highest BCUT2D eigenvalue weighted by atomic mass is 16.5. The van der Waals surface area contributed by atoms with Gasteiger partial charge in [0.1, 0.15) is 23.0 Å². The van der Waals surface area contributed by atoms with Gasteiger partial charge in [-0.15, -0.1) is 5.10 Å². The minimum atomic E-state index is -0.794. The molecule has 14 heteroatoms. The number of amides is 3. The summed E-state index contributed by atoms with van der Waals surface area (Å²) >= 11 is 0. The van der Waals surface area contributed by atoms with Crippen LogP contribution in [0.25, 0.3) is 0 Å². The van der Waals surface area contributed by atoms with E-state index in [0.717, 1.165) is 17.9 Å². The molecule has 0 unspecified atom stereocenters. The zero-order valence-electron chi connectivity index (χ0n) is 26.0. The minimum Gasteiger partial charge on any atom is -0.497 e. The van der Waals surface area contributed by atoms with Crippen molar-refractivity contribution in [1.29, 1.82) is 0 Å². The predicted molar refractivity (Wildman–Crippen MR) is 160 cm³/mol. The van der Waals surface area contributed by atoms with E-state index < -0.39 is 11.6 Å². The molecule has 0 bridgehead atoms. The largest absolute Gasteiger partial charge is 0.497 e. The third kappa shape index (κ3) is 6.57. The van der Waals surface area contributed by atoms with Crippen molar-refractivity contribution < 1.29 is 28.4 Å². The Morgan fingerprint density at radius 2 is 1.96 bits per heavy atom. The maximum Gasteiger partial charge on any atom is 0.257 e. The van der Waals surface area contributed by atoms with E-state index in [4.69, 9.17) is 14.0 Å². The Kier molecular flexibility index (Phi) is 8.85. The summed E-state index contributed by atoms with van der Waals surface area (Å²) in [6.07, 6.45) is 4.05. The monoisotopic (exact) mass is 620 g/mol. The normalized spacial score (nSPS) is 22.6. The average Bonchev–Trinajstić information content (AvgIpc) is 3.67. The van der Waals surface area contributed by atoms with Gasteiger partial charge < -0.3 is 29.5 Å². The number of hydrogen-bond acceptors (Lipinski definition) is 10. The lowest BCUT2D eigenvalue weighted by Crippen LogP contribution is -2.60. The van der Waals surface area contributed by atoms with E-state index in [1.54, 1.807) is 30.7 Å². The maximum atomic E-state index is 14.1. The number of aromatic nitrogens is 4. The van der Waals surface area contributed by atoms with Gasteiger partial charge in [-0.3, -0.25) is 19.3 Å². The molecule has 3 aliphatic heterocycles. The number of rotatable bonds is 6. The van der Waals surface area contributed by atoms with Gasteiger partial charge in [-0.05, 0) is 50.3 Å². The molecular formula is C31H40N8O6. The van der Waals surface area contributed by atoms with Crippen molar-refractivity contribution in [2.75, 3.05) is 33.9 Å². The Balaban J connectivity index is 1.25. The third-order valence-electron chi connectivity index (χ3n) is 9.23. The molecule has 45 heavy (non-hydrogen) atoms. The number of fused-ring (bicyclic) bond motifs is 2. The number of likely N-dealkylation sites (tertiary alicyclic amines) is 1. The van der Waals surface area contributed by atoms with Crippen molar-refractivity contribution in [2.24, 2.45) is 0 Å². The van der Waals surface area contributed by atoms with Crippen LogP contribution in [-0.2, 0) is 34.0 Å². The minimum absolute atomic E-state index is 0.0196. The Labute approximate surface area is 261 Å². The number of ether oxygens (including phenoxy) is 2. The van der Waals surface area contributed by atoms with Gasteiger partial charge in [0, 0.05) is 33.3 Å². The maximum absolute atomic E-state index is 14.1. The number of aryl methyl sites for hydroxylation is 1. The molecule has 240 valence electrons. The second-order valence-electron chi connectivity index (χ2n) is 12.2. The third-order valence-corrected chi connectivity index (χ3v) is 9.23. The summed E-state index contributed by atoms with van der Waals surface area (Å²) in [5, 5.41) is 18.6. The Morgan fingerprint density at radius 1 is 1.13 bits per heavy atom. The van der Waals surface area contributed by atoms with Crippen molar-refractivity contribution in [1.82, 2.24) is 40.6 Å². The van der Waals surface area contributed by atoms with Gasteiger partial charge in [-0.1, -0.05) is 22.5 Å². The van der Waals surface area contributed by atoms with Crippen molar-refractivity contribution in [3.63, 3.8) is 0 Å². The Morgan fingerprint density at radius 3 is 2.73 bits per heavy atom. The molecule has 3 aromatic rings. The molecule has 6 rings (SSSR count). The fourth-order valence-corrected chi connectivity index (χ4v) is 6.76. The molecule has 2 saturated heterocycles. The highest BCUT2D eigenvalue weighted by Gasteiger charge is 2.44. The number of methoxy groups -OCH3 is 2. The highest BCUT2D eigenvalue weighted by Crippen LogP contribution is 2.33. The molecule has 2 fully saturated rings. The molecule has 3 aliphatic rings. The van der Waals surface area contributed by atoms with Gasteiger partial charge in [-0.2, -0.15) is 0 Å². The second-order valence-corrected chi connectivity index (χ2v) is 12.2. The summed E-state index contributed by atoms with van der Waals surface area (Å²) in [5.74, 6) is 0.279. The van der Waals surface area contributed by atoms with E-state index >= 15 is 0 Å². The standard InChI is InChI=1S/C31H40N8O6/c1-20-28-26(45-35-20)16-32-29(41)25-14-23(39-18-22(19-43-2)34-36-39)7-10-38(25)27(40)15-31(33-30(28)42)8-11-37(12-9-31)17-21-5-4-6-24(13-21)44-3/h4-6,13,18,23,25H,7-12,14-17,19H2,1-3H3,(H,32,41)(H,33,42)/t23-,25+/m1/s1. The van der Waals surface area contributed by atoms with Crippen LogP contribution < -0.4 is 15.4 Å². The van der Waals surface area contributed by atoms with Crippen LogP contribution in [-0.4, -0.2) is 93.1 Å². The van der Waals surface area contributed by atoms with E-state index in [0.29, 0.717) is 68.9 Å². The summed E-state index contributed by atoms with van der Waals surface area (Å²) in [7, 11) is 3.25. The first-order chi connectivity index (χ1) is 21.8. The van der Waals surface area contributed by atoms with Crippen LogP contribution in [0.1, 0.15) is 71.2 Å². The Hall–Kier alpha value is -4.30. The van der Waals surface area contributed by atoms with Crippen LogP contribution >= 0.6 is 0 Å². The molecule has 0 saturated carbocycles. The molecule has 2 N–H and O–H groups in total. The number of carbonyl (C=O) groups excluding carboxylic acids is 3. The average molecular weight is 621 g/mol. The molecular weight excluding hydrogens is 580 g/mol. The van der Waals surface area contributed by atoms with E-state index in [9.17, 15) is 14.4 Å². The molecule has 1 aromatic carbocycles. The molecule has 3 amide bonds. The number of nitrogens with one attached hydrogen (secondary N) is 2. The number of carbonyl (C=O) groups is 3. The lowest BCUT2D eigenvalue weighted by atomic mass is 9.82. The first kappa shape index (κ1) is 30.7. The fraction of sp³-hybridized carbons (Fsp3) is 0.548. The fourth-order valence-electron chi connectivity index (χ4n) is 6.76. The number of nitrogens with zero attached hydrogens (tertiary/aromatic N) is 6. The second kappa shape index (κ2) is 13.0. The van der Waals surface area contributed by atoms with Crippen LogP contribution in [0.15, 0.2) is 35.0 Å². The number of benzene rings is 1. The lowest BCUT2D eigenvalue weighted by Gasteiger charge is -2.45. The summed E-state index contributed by atoms with van der Waals surface area (Å²) in [6, 6.07) is 7.14. The van der Waals surface area contributed by atoms with E-state index in [-0.39, 0.29) is 42.5 Å².